The van der Waals surface area contributed by atoms with Gasteiger partial charge in [-0.2, -0.15) is 0 Å². The number of fused-ring (bicyclic) bond motifs is 1. The van der Waals surface area contributed by atoms with E-state index < -0.39 is 0 Å². The lowest BCUT2D eigenvalue weighted by atomic mass is 10.2. The van der Waals surface area contributed by atoms with E-state index in [0.29, 0.717) is 21.9 Å². The Morgan fingerprint density at radius 2 is 2.19 bits per heavy atom. The first-order valence-electron chi connectivity index (χ1n) is 8.17. The second-order valence-electron chi connectivity index (χ2n) is 5.56. The summed E-state index contributed by atoms with van der Waals surface area (Å²) in [5.74, 6) is 2.29. The number of hydrogen-bond acceptors (Lipinski definition) is 5. The molecule has 27 heavy (non-hydrogen) atoms. The van der Waals surface area contributed by atoms with Crippen molar-refractivity contribution in [1.82, 2.24) is 14.9 Å². The summed E-state index contributed by atoms with van der Waals surface area (Å²) in [4.78, 5) is 30.4. The molecule has 0 atom stereocenters. The van der Waals surface area contributed by atoms with Crippen LogP contribution in [0.4, 0.5) is 0 Å². The highest BCUT2D eigenvalue weighted by molar-refractivity contribution is 7.99. The van der Waals surface area contributed by atoms with Crippen molar-refractivity contribution in [2.24, 2.45) is 0 Å². The van der Waals surface area contributed by atoms with Crippen LogP contribution in [-0.4, -0.2) is 27.8 Å². The van der Waals surface area contributed by atoms with Gasteiger partial charge in [-0.15, -0.1) is 24.3 Å². The standard InChI is InChI=1S/C20H17N3O2S2/c1-3-10-21-17(24)13-26-20-22-15-12-16(14-8-6-5-7-9-14)27-18(15)19(25)23(20)11-4-2/h1,4-9,12H,2,10-11,13H2,(H,21,24). The predicted molar refractivity (Wildman–Crippen MR) is 112 cm³/mol. The van der Waals surface area contributed by atoms with Crippen LogP contribution >= 0.6 is 23.1 Å². The summed E-state index contributed by atoms with van der Waals surface area (Å²) < 4.78 is 2.14. The van der Waals surface area contributed by atoms with Crippen LogP contribution in [0.15, 0.2) is 59.0 Å². The van der Waals surface area contributed by atoms with Crippen molar-refractivity contribution >= 4 is 39.2 Å². The Morgan fingerprint density at radius 1 is 1.41 bits per heavy atom. The molecular formula is C20H17N3O2S2. The van der Waals surface area contributed by atoms with Gasteiger partial charge in [0, 0.05) is 11.4 Å². The van der Waals surface area contributed by atoms with Crippen LogP contribution in [0.5, 0.6) is 0 Å². The number of nitrogens with one attached hydrogen (secondary N) is 1. The van der Waals surface area contributed by atoms with E-state index in [1.165, 1.54) is 23.1 Å². The van der Waals surface area contributed by atoms with Crippen molar-refractivity contribution in [2.45, 2.75) is 11.7 Å². The van der Waals surface area contributed by atoms with Gasteiger partial charge in [-0.1, -0.05) is 54.1 Å². The summed E-state index contributed by atoms with van der Waals surface area (Å²) in [5, 5.41) is 3.09. The topological polar surface area (TPSA) is 64.0 Å². The van der Waals surface area contributed by atoms with Crippen LogP contribution in [0, 0.1) is 12.3 Å². The number of amides is 1. The summed E-state index contributed by atoms with van der Waals surface area (Å²) >= 11 is 2.63. The first kappa shape index (κ1) is 19.0. The Hall–Kier alpha value is -2.82. The van der Waals surface area contributed by atoms with Gasteiger partial charge in [-0.3, -0.25) is 14.2 Å². The fourth-order valence-electron chi connectivity index (χ4n) is 2.47. The van der Waals surface area contributed by atoms with Crippen LogP contribution in [0.2, 0.25) is 0 Å². The van der Waals surface area contributed by atoms with Gasteiger partial charge in [0.15, 0.2) is 5.16 Å². The highest BCUT2D eigenvalue weighted by atomic mass is 32.2. The number of hydrogen-bond donors (Lipinski definition) is 1. The number of carbonyl (C=O) groups is 1. The minimum absolute atomic E-state index is 0.126. The largest absolute Gasteiger partial charge is 0.344 e. The lowest BCUT2D eigenvalue weighted by Crippen LogP contribution is -2.26. The zero-order valence-corrected chi connectivity index (χ0v) is 16.1. The maximum absolute atomic E-state index is 12.9. The van der Waals surface area contributed by atoms with Crippen LogP contribution in [0.25, 0.3) is 20.7 Å². The van der Waals surface area contributed by atoms with Gasteiger partial charge in [0.1, 0.15) is 4.70 Å². The smallest absolute Gasteiger partial charge is 0.272 e. The Bertz CT molecular complexity index is 1080. The molecule has 0 saturated carbocycles. The molecule has 2 heterocycles. The van der Waals surface area contributed by atoms with Gasteiger partial charge < -0.3 is 5.32 Å². The summed E-state index contributed by atoms with van der Waals surface area (Å²) in [6, 6.07) is 11.8. The number of aromatic nitrogens is 2. The Labute approximate surface area is 165 Å². The number of allylic oxidation sites excluding steroid dienone is 1. The highest BCUT2D eigenvalue weighted by Crippen LogP contribution is 2.31. The molecule has 136 valence electrons. The summed E-state index contributed by atoms with van der Waals surface area (Å²) in [5.41, 5.74) is 1.55. The molecule has 3 rings (SSSR count). The van der Waals surface area contributed by atoms with Crippen molar-refractivity contribution in [1.29, 1.82) is 0 Å². The van der Waals surface area contributed by atoms with E-state index in [9.17, 15) is 9.59 Å². The third-order valence-electron chi connectivity index (χ3n) is 3.69. The Morgan fingerprint density at radius 3 is 2.89 bits per heavy atom. The number of thiophene rings is 1. The second kappa shape index (κ2) is 8.71. The van der Waals surface area contributed by atoms with E-state index in [1.807, 2.05) is 36.4 Å². The van der Waals surface area contributed by atoms with Crippen LogP contribution in [-0.2, 0) is 11.3 Å². The van der Waals surface area contributed by atoms with Crippen LogP contribution < -0.4 is 10.9 Å². The minimum atomic E-state index is -0.201. The van der Waals surface area contributed by atoms with Gasteiger partial charge in [0.25, 0.3) is 5.56 Å². The van der Waals surface area contributed by atoms with Crippen molar-refractivity contribution < 1.29 is 4.79 Å². The molecule has 7 heteroatoms. The quantitative estimate of drug-likeness (QED) is 0.289. The third-order valence-corrected chi connectivity index (χ3v) is 5.83. The molecule has 0 radical (unpaired) electrons. The molecular weight excluding hydrogens is 378 g/mol. The van der Waals surface area contributed by atoms with Gasteiger partial charge in [0.05, 0.1) is 17.8 Å². The molecule has 2 aromatic heterocycles. The van der Waals surface area contributed by atoms with Crippen molar-refractivity contribution in [3.8, 4) is 22.8 Å². The Kier molecular flexibility index (Phi) is 6.12. The van der Waals surface area contributed by atoms with E-state index in [0.717, 1.165) is 10.4 Å². The summed E-state index contributed by atoms with van der Waals surface area (Å²) in [6.45, 7) is 4.22. The molecule has 3 aromatic rings. The third kappa shape index (κ3) is 4.30. The minimum Gasteiger partial charge on any atom is -0.344 e. The van der Waals surface area contributed by atoms with Gasteiger partial charge in [0.2, 0.25) is 5.91 Å². The number of benzene rings is 1. The molecule has 0 spiro atoms. The molecule has 1 N–H and O–H groups in total. The average Bonchev–Trinajstić information content (AvgIpc) is 3.12. The second-order valence-corrected chi connectivity index (χ2v) is 7.55. The molecule has 0 unspecified atom stereocenters. The molecule has 0 aliphatic heterocycles. The van der Waals surface area contributed by atoms with E-state index in [1.54, 1.807) is 10.6 Å². The monoisotopic (exact) mass is 395 g/mol. The van der Waals surface area contributed by atoms with E-state index in [2.05, 4.69) is 22.8 Å². The summed E-state index contributed by atoms with van der Waals surface area (Å²) in [7, 11) is 0. The Balaban J connectivity index is 1.98. The zero-order chi connectivity index (χ0) is 19.2. The number of thioether (sulfide) groups is 1. The lowest BCUT2D eigenvalue weighted by Gasteiger charge is -2.09. The number of carbonyl (C=O) groups excluding carboxylic acids is 1. The maximum atomic E-state index is 12.9. The molecule has 1 amide bonds. The van der Waals surface area contributed by atoms with Crippen molar-refractivity contribution in [3.05, 3.63) is 59.4 Å². The SMILES string of the molecule is C#CCNC(=O)CSc1nc2cc(-c3ccccc3)sc2c(=O)n1CC=C. The zero-order valence-electron chi connectivity index (χ0n) is 14.5. The average molecular weight is 396 g/mol. The molecule has 1 aromatic carbocycles. The molecule has 0 aliphatic carbocycles. The van der Waals surface area contributed by atoms with E-state index in [-0.39, 0.29) is 23.8 Å². The molecule has 0 fully saturated rings. The fraction of sp³-hybridized carbons (Fsp3) is 0.150. The van der Waals surface area contributed by atoms with E-state index in [4.69, 9.17) is 6.42 Å². The fourth-order valence-corrected chi connectivity index (χ4v) is 4.36. The van der Waals surface area contributed by atoms with Crippen molar-refractivity contribution in [3.63, 3.8) is 0 Å². The number of terminal acetylenes is 1. The first-order chi connectivity index (χ1) is 13.1. The van der Waals surface area contributed by atoms with Crippen LogP contribution in [0.3, 0.4) is 0 Å². The first-order valence-corrected chi connectivity index (χ1v) is 9.98. The highest BCUT2D eigenvalue weighted by Gasteiger charge is 2.15. The van der Waals surface area contributed by atoms with Crippen molar-refractivity contribution in [2.75, 3.05) is 12.3 Å². The van der Waals surface area contributed by atoms with E-state index >= 15 is 0 Å². The van der Waals surface area contributed by atoms with Gasteiger partial charge in [-0.05, 0) is 11.6 Å². The molecule has 0 bridgehead atoms. The normalized spacial score (nSPS) is 10.5. The number of nitrogens with zero attached hydrogens (tertiary/aromatic N) is 2. The van der Waals surface area contributed by atoms with Crippen LogP contribution in [0.1, 0.15) is 0 Å². The lowest BCUT2D eigenvalue weighted by molar-refractivity contribution is -0.118. The molecule has 5 nitrogen and oxygen atoms in total. The molecule has 0 aliphatic rings. The maximum Gasteiger partial charge on any atom is 0.272 e. The summed E-state index contributed by atoms with van der Waals surface area (Å²) in [6.07, 6.45) is 6.78. The number of rotatable bonds is 7. The van der Waals surface area contributed by atoms with Gasteiger partial charge >= 0.3 is 0 Å². The molecule has 0 saturated heterocycles. The predicted octanol–water partition coefficient (Wildman–Crippen LogP) is 3.15. The van der Waals surface area contributed by atoms with Gasteiger partial charge in [-0.25, -0.2) is 4.98 Å².